The molecule has 0 amide bonds. The number of esters is 1. The van der Waals surface area contributed by atoms with Crippen molar-refractivity contribution in [2.45, 2.75) is 6.92 Å². The fraction of sp³-hybridized carbons (Fsp3) is 0.250. The second-order valence-corrected chi connectivity index (χ2v) is 4.95. The SMILES string of the molecule is CCOC(=O)C1C=Cc2ccccc2N(n2ccc(O)n2)C1. The summed E-state index contributed by atoms with van der Waals surface area (Å²) in [5.74, 6) is -0.742. The highest BCUT2D eigenvalue weighted by molar-refractivity contribution is 5.80. The van der Waals surface area contributed by atoms with E-state index in [0.717, 1.165) is 11.3 Å². The predicted molar refractivity (Wildman–Crippen MR) is 82.2 cm³/mol. The van der Waals surface area contributed by atoms with Gasteiger partial charge in [-0.05, 0) is 18.6 Å². The van der Waals surface area contributed by atoms with Gasteiger partial charge in [-0.1, -0.05) is 30.4 Å². The number of fused-ring (bicyclic) bond motifs is 1. The Morgan fingerprint density at radius 2 is 2.23 bits per heavy atom. The number of hydrogen-bond donors (Lipinski definition) is 1. The molecule has 3 rings (SSSR count). The maximum atomic E-state index is 12.1. The Bertz CT molecular complexity index is 708. The lowest BCUT2D eigenvalue weighted by Gasteiger charge is -2.26. The Hall–Kier alpha value is -2.76. The fourth-order valence-electron chi connectivity index (χ4n) is 2.46. The Balaban J connectivity index is 2.00. The zero-order chi connectivity index (χ0) is 15.5. The van der Waals surface area contributed by atoms with Crippen molar-refractivity contribution in [1.29, 1.82) is 0 Å². The minimum atomic E-state index is -0.404. The van der Waals surface area contributed by atoms with E-state index in [1.165, 1.54) is 10.9 Å². The van der Waals surface area contributed by atoms with Crippen molar-refractivity contribution in [3.63, 3.8) is 0 Å². The van der Waals surface area contributed by atoms with Gasteiger partial charge in [-0.2, -0.15) is 4.79 Å². The molecule has 0 saturated heterocycles. The van der Waals surface area contributed by atoms with E-state index in [-0.39, 0.29) is 11.8 Å². The van der Waals surface area contributed by atoms with Gasteiger partial charge in [0.15, 0.2) is 0 Å². The smallest absolute Gasteiger partial charge is 0.314 e. The molecule has 114 valence electrons. The van der Waals surface area contributed by atoms with Crippen molar-refractivity contribution in [1.82, 2.24) is 9.89 Å². The summed E-state index contributed by atoms with van der Waals surface area (Å²) in [6.07, 6.45) is 5.42. The van der Waals surface area contributed by atoms with Crippen LogP contribution in [-0.4, -0.2) is 34.1 Å². The van der Waals surface area contributed by atoms with Crippen LogP contribution in [0.15, 0.2) is 42.6 Å². The standard InChI is InChI=1S/C16H17N3O3/c1-2-22-16(21)13-8-7-12-5-3-4-6-14(12)18(11-13)19-10-9-15(20)17-19/h3-10,13H,2,11H2,1H3,(H,17,20). The highest BCUT2D eigenvalue weighted by Gasteiger charge is 2.26. The molecule has 1 atom stereocenters. The van der Waals surface area contributed by atoms with Gasteiger partial charge in [0.1, 0.15) is 0 Å². The van der Waals surface area contributed by atoms with E-state index in [9.17, 15) is 9.90 Å². The van der Waals surface area contributed by atoms with Crippen molar-refractivity contribution in [3.05, 3.63) is 48.2 Å². The zero-order valence-corrected chi connectivity index (χ0v) is 12.2. The van der Waals surface area contributed by atoms with Gasteiger partial charge in [-0.15, -0.1) is 5.10 Å². The lowest BCUT2D eigenvalue weighted by molar-refractivity contribution is -0.146. The zero-order valence-electron chi connectivity index (χ0n) is 12.2. The van der Waals surface area contributed by atoms with Crippen molar-refractivity contribution in [2.75, 3.05) is 18.2 Å². The van der Waals surface area contributed by atoms with Gasteiger partial charge in [-0.25, -0.2) is 0 Å². The van der Waals surface area contributed by atoms with Crippen LogP contribution in [0.2, 0.25) is 0 Å². The van der Waals surface area contributed by atoms with Crippen molar-refractivity contribution in [2.24, 2.45) is 5.92 Å². The number of aromatic nitrogens is 2. The number of para-hydroxylation sites is 1. The van der Waals surface area contributed by atoms with E-state index >= 15 is 0 Å². The van der Waals surface area contributed by atoms with Crippen LogP contribution in [0.4, 0.5) is 5.69 Å². The molecule has 0 bridgehead atoms. The Morgan fingerprint density at radius 1 is 1.41 bits per heavy atom. The van der Waals surface area contributed by atoms with Crippen LogP contribution in [0.1, 0.15) is 12.5 Å². The molecule has 1 N–H and O–H groups in total. The van der Waals surface area contributed by atoms with Crippen LogP contribution in [-0.2, 0) is 9.53 Å². The van der Waals surface area contributed by atoms with Crippen LogP contribution in [0.5, 0.6) is 5.88 Å². The molecule has 0 fully saturated rings. The number of carbonyl (C=O) groups excluding carboxylic acids is 1. The lowest BCUT2D eigenvalue weighted by atomic mass is 10.1. The van der Waals surface area contributed by atoms with Gasteiger partial charge in [0.2, 0.25) is 5.88 Å². The molecule has 6 heteroatoms. The van der Waals surface area contributed by atoms with Crippen LogP contribution >= 0.6 is 0 Å². The maximum absolute atomic E-state index is 12.1. The van der Waals surface area contributed by atoms with E-state index in [1.807, 2.05) is 41.4 Å². The molecule has 1 aliphatic heterocycles. The molecule has 6 nitrogen and oxygen atoms in total. The molecule has 2 heterocycles. The van der Waals surface area contributed by atoms with Crippen LogP contribution in [0, 0.1) is 5.92 Å². The highest BCUT2D eigenvalue weighted by Crippen LogP contribution is 2.28. The number of anilines is 1. The summed E-state index contributed by atoms with van der Waals surface area (Å²) in [6, 6.07) is 9.28. The normalized spacial score (nSPS) is 17.0. The van der Waals surface area contributed by atoms with Crippen LogP contribution < -0.4 is 5.01 Å². The minimum Gasteiger partial charge on any atom is -0.492 e. The number of benzene rings is 1. The molecule has 1 aromatic carbocycles. The number of rotatable bonds is 3. The first-order valence-corrected chi connectivity index (χ1v) is 7.15. The molecule has 1 aromatic heterocycles. The third kappa shape index (κ3) is 2.67. The average molecular weight is 299 g/mol. The summed E-state index contributed by atoms with van der Waals surface area (Å²) in [5.41, 5.74) is 1.89. The van der Waals surface area contributed by atoms with Crippen molar-refractivity contribution >= 4 is 17.7 Å². The first-order valence-electron chi connectivity index (χ1n) is 7.15. The summed E-state index contributed by atoms with van der Waals surface area (Å²) in [4.78, 5) is 13.6. The summed E-state index contributed by atoms with van der Waals surface area (Å²) in [6.45, 7) is 2.52. The van der Waals surface area contributed by atoms with E-state index in [0.29, 0.717) is 13.2 Å². The molecular formula is C16H17N3O3. The van der Waals surface area contributed by atoms with E-state index in [2.05, 4.69) is 5.10 Å². The first kappa shape index (κ1) is 14.2. The maximum Gasteiger partial charge on any atom is 0.314 e. The molecule has 0 spiro atoms. The van der Waals surface area contributed by atoms with Gasteiger partial charge < -0.3 is 9.84 Å². The molecule has 0 radical (unpaired) electrons. The van der Waals surface area contributed by atoms with Gasteiger partial charge >= 0.3 is 5.97 Å². The molecule has 0 saturated carbocycles. The number of hydrogen-bond acceptors (Lipinski definition) is 5. The van der Waals surface area contributed by atoms with E-state index in [4.69, 9.17) is 4.74 Å². The van der Waals surface area contributed by atoms with Crippen molar-refractivity contribution in [3.8, 4) is 5.88 Å². The predicted octanol–water partition coefficient (Wildman–Crippen LogP) is 2.06. The highest BCUT2D eigenvalue weighted by atomic mass is 16.5. The fourth-order valence-corrected chi connectivity index (χ4v) is 2.46. The Labute approximate surface area is 128 Å². The second-order valence-electron chi connectivity index (χ2n) is 4.95. The summed E-state index contributed by atoms with van der Waals surface area (Å²) in [5, 5.41) is 15.4. The molecule has 0 aliphatic carbocycles. The Morgan fingerprint density at radius 3 is 2.95 bits per heavy atom. The third-order valence-corrected chi connectivity index (χ3v) is 3.49. The molecule has 2 aromatic rings. The average Bonchev–Trinajstić information content (AvgIpc) is 2.84. The van der Waals surface area contributed by atoms with Crippen LogP contribution in [0.3, 0.4) is 0 Å². The lowest BCUT2D eigenvalue weighted by Crippen LogP contribution is -2.37. The number of ether oxygens (including phenoxy) is 1. The Kier molecular flexibility index (Phi) is 3.82. The molecule has 1 aliphatic rings. The quantitative estimate of drug-likeness (QED) is 0.879. The first-order chi connectivity index (χ1) is 10.7. The van der Waals surface area contributed by atoms with Gasteiger partial charge in [0.05, 0.1) is 31.0 Å². The third-order valence-electron chi connectivity index (χ3n) is 3.49. The summed E-state index contributed by atoms with van der Waals surface area (Å²) in [7, 11) is 0. The van der Waals surface area contributed by atoms with Gasteiger partial charge in [0, 0.05) is 6.07 Å². The number of nitrogens with zero attached hydrogens (tertiary/aromatic N) is 3. The molecule has 22 heavy (non-hydrogen) atoms. The number of carbonyl (C=O) groups is 1. The summed E-state index contributed by atoms with van der Waals surface area (Å²) >= 11 is 0. The van der Waals surface area contributed by atoms with E-state index < -0.39 is 5.92 Å². The van der Waals surface area contributed by atoms with E-state index in [1.54, 1.807) is 13.1 Å². The van der Waals surface area contributed by atoms with Crippen LogP contribution in [0.25, 0.3) is 6.08 Å². The topological polar surface area (TPSA) is 67.6 Å². The van der Waals surface area contributed by atoms with Crippen molar-refractivity contribution < 1.29 is 14.6 Å². The number of aromatic hydroxyl groups is 1. The largest absolute Gasteiger partial charge is 0.492 e. The second kappa shape index (κ2) is 5.93. The molecular weight excluding hydrogens is 282 g/mol. The monoisotopic (exact) mass is 299 g/mol. The van der Waals surface area contributed by atoms with Gasteiger partial charge in [0.25, 0.3) is 0 Å². The minimum absolute atomic E-state index is 0.0672. The molecule has 1 unspecified atom stereocenters. The summed E-state index contributed by atoms with van der Waals surface area (Å²) < 4.78 is 5.13. The van der Waals surface area contributed by atoms with Gasteiger partial charge in [-0.3, -0.25) is 9.80 Å².